The highest BCUT2D eigenvalue weighted by atomic mass is 32.2. The van der Waals surface area contributed by atoms with E-state index in [4.69, 9.17) is 0 Å². The van der Waals surface area contributed by atoms with E-state index in [9.17, 15) is 21.6 Å². The summed E-state index contributed by atoms with van der Waals surface area (Å²) in [6.45, 7) is 4.02. The van der Waals surface area contributed by atoms with Gasteiger partial charge in [-0.1, -0.05) is 79.2 Å². The zero-order valence-electron chi connectivity index (χ0n) is 17.0. The van der Waals surface area contributed by atoms with Gasteiger partial charge in [-0.25, -0.2) is 0 Å². The van der Waals surface area contributed by atoms with Crippen molar-refractivity contribution in [3.05, 3.63) is 101 Å². The van der Waals surface area contributed by atoms with Gasteiger partial charge in [-0.3, -0.25) is 0 Å². The lowest BCUT2D eigenvalue weighted by Gasteiger charge is -2.17. The molecule has 0 atom stereocenters. The Hall–Kier alpha value is -3.06. The SMILES string of the molecule is CC/C(=C(\c1ccc(C)cc1)c1ccc(OS(=O)(=O)C(F)(F)F)cc1)c1ccccc1. The number of allylic oxidation sites excluding steroid dienone is 1. The minimum atomic E-state index is -5.72. The molecule has 0 amide bonds. The molecule has 0 saturated carbocycles. The minimum absolute atomic E-state index is 0.401. The summed E-state index contributed by atoms with van der Waals surface area (Å²) < 4.78 is 64.6. The summed E-state index contributed by atoms with van der Waals surface area (Å²) in [5.74, 6) is -0.401. The van der Waals surface area contributed by atoms with Crippen LogP contribution >= 0.6 is 0 Å². The van der Waals surface area contributed by atoms with Gasteiger partial charge in [-0.2, -0.15) is 21.6 Å². The lowest BCUT2D eigenvalue weighted by atomic mass is 9.88. The van der Waals surface area contributed by atoms with Crippen LogP contribution < -0.4 is 4.18 Å². The molecule has 3 rings (SSSR count). The van der Waals surface area contributed by atoms with Crippen LogP contribution in [-0.4, -0.2) is 13.9 Å². The second-order valence-corrected chi connectivity index (χ2v) is 8.48. The molecule has 3 nitrogen and oxygen atoms in total. The van der Waals surface area contributed by atoms with Gasteiger partial charge in [-0.15, -0.1) is 0 Å². The minimum Gasteiger partial charge on any atom is -0.376 e. The zero-order valence-corrected chi connectivity index (χ0v) is 17.8. The summed E-state index contributed by atoms with van der Waals surface area (Å²) in [7, 11) is -5.72. The van der Waals surface area contributed by atoms with Crippen molar-refractivity contribution in [2.24, 2.45) is 0 Å². The largest absolute Gasteiger partial charge is 0.534 e. The van der Waals surface area contributed by atoms with Gasteiger partial charge in [0.1, 0.15) is 5.75 Å². The first-order valence-corrected chi connectivity index (χ1v) is 11.0. The molecule has 0 aliphatic heterocycles. The van der Waals surface area contributed by atoms with Crippen LogP contribution in [0.5, 0.6) is 5.75 Å². The maximum absolute atomic E-state index is 12.6. The van der Waals surface area contributed by atoms with Gasteiger partial charge < -0.3 is 4.18 Å². The third-order valence-electron chi connectivity index (χ3n) is 4.75. The third kappa shape index (κ3) is 5.17. The topological polar surface area (TPSA) is 43.4 Å². The molecule has 0 spiro atoms. The standard InChI is InChI=1S/C24H21F3O3S/c1-3-22(18-7-5-4-6-8-18)23(19-11-9-17(2)10-12-19)20-13-15-21(16-14-20)30-31(28,29)24(25,26)27/h4-16H,3H2,1-2H3/b23-22-. The van der Waals surface area contributed by atoms with E-state index in [1.807, 2.05) is 68.4 Å². The Morgan fingerprint density at radius 3 is 1.81 bits per heavy atom. The van der Waals surface area contributed by atoms with Crippen molar-refractivity contribution < 1.29 is 25.8 Å². The summed E-state index contributed by atoms with van der Waals surface area (Å²) in [6.07, 6.45) is 0.716. The average molecular weight is 446 g/mol. The van der Waals surface area contributed by atoms with Crippen LogP contribution in [0.4, 0.5) is 13.2 Å². The number of aryl methyl sites for hydroxylation is 1. The second-order valence-electron chi connectivity index (χ2n) is 6.95. The monoisotopic (exact) mass is 446 g/mol. The van der Waals surface area contributed by atoms with Crippen LogP contribution in [0.25, 0.3) is 11.1 Å². The van der Waals surface area contributed by atoms with Gasteiger partial charge in [-0.05, 0) is 53.3 Å². The van der Waals surface area contributed by atoms with Crippen LogP contribution in [0.2, 0.25) is 0 Å². The summed E-state index contributed by atoms with van der Waals surface area (Å²) >= 11 is 0. The number of hydrogen-bond acceptors (Lipinski definition) is 3. The number of halogens is 3. The van der Waals surface area contributed by atoms with Crippen molar-refractivity contribution in [2.75, 3.05) is 0 Å². The smallest absolute Gasteiger partial charge is 0.376 e. The maximum atomic E-state index is 12.6. The molecule has 0 radical (unpaired) electrons. The molecular weight excluding hydrogens is 425 g/mol. The van der Waals surface area contributed by atoms with Gasteiger partial charge in [0.05, 0.1) is 0 Å². The first-order valence-electron chi connectivity index (χ1n) is 9.59. The molecule has 0 heterocycles. The van der Waals surface area contributed by atoms with Crippen molar-refractivity contribution in [2.45, 2.75) is 25.8 Å². The predicted molar refractivity (Wildman–Crippen MR) is 116 cm³/mol. The number of hydrogen-bond donors (Lipinski definition) is 0. The van der Waals surface area contributed by atoms with Gasteiger partial charge in [0.2, 0.25) is 0 Å². The molecule has 0 fully saturated rings. The summed E-state index contributed by atoms with van der Waals surface area (Å²) in [5, 5.41) is 0. The van der Waals surface area contributed by atoms with Gasteiger partial charge in [0, 0.05) is 0 Å². The Morgan fingerprint density at radius 2 is 1.32 bits per heavy atom. The molecule has 162 valence electrons. The predicted octanol–water partition coefficient (Wildman–Crippen LogP) is 6.59. The van der Waals surface area contributed by atoms with E-state index in [0.717, 1.165) is 33.4 Å². The average Bonchev–Trinajstić information content (AvgIpc) is 2.73. The van der Waals surface area contributed by atoms with E-state index in [-0.39, 0.29) is 0 Å². The van der Waals surface area contributed by atoms with Crippen LogP contribution in [0.1, 0.15) is 35.6 Å². The highest BCUT2D eigenvalue weighted by Gasteiger charge is 2.48. The van der Waals surface area contributed by atoms with Crippen LogP contribution in [0, 0.1) is 6.92 Å². The van der Waals surface area contributed by atoms with E-state index >= 15 is 0 Å². The molecule has 0 aliphatic carbocycles. The Labute approximate surface area is 179 Å². The number of alkyl halides is 3. The summed E-state index contributed by atoms with van der Waals surface area (Å²) in [5.41, 5.74) is 0.299. The van der Waals surface area contributed by atoms with E-state index in [2.05, 4.69) is 4.18 Å². The van der Waals surface area contributed by atoms with Crippen molar-refractivity contribution in [1.29, 1.82) is 0 Å². The first-order chi connectivity index (χ1) is 14.6. The van der Waals surface area contributed by atoms with Crippen molar-refractivity contribution >= 4 is 21.3 Å². The molecular formula is C24H21F3O3S. The van der Waals surface area contributed by atoms with Gasteiger partial charge in [0.25, 0.3) is 0 Å². The summed E-state index contributed by atoms with van der Waals surface area (Å²) in [4.78, 5) is 0. The van der Waals surface area contributed by atoms with E-state index in [1.54, 1.807) is 12.1 Å². The fourth-order valence-corrected chi connectivity index (χ4v) is 3.71. The molecule has 3 aromatic rings. The molecule has 0 aliphatic rings. The lowest BCUT2D eigenvalue weighted by molar-refractivity contribution is -0.0500. The molecule has 0 saturated heterocycles. The Kier molecular flexibility index (Phi) is 6.55. The fraction of sp³-hybridized carbons (Fsp3) is 0.167. The Morgan fingerprint density at radius 1 is 0.806 bits per heavy atom. The fourth-order valence-electron chi connectivity index (χ4n) is 3.25. The summed E-state index contributed by atoms with van der Waals surface area (Å²) in [6, 6.07) is 23.3. The van der Waals surface area contributed by atoms with Crippen LogP contribution in [-0.2, 0) is 10.1 Å². The van der Waals surface area contributed by atoms with Crippen molar-refractivity contribution in [3.8, 4) is 5.75 Å². The normalized spacial score (nSPS) is 12.9. The van der Waals surface area contributed by atoms with Gasteiger partial charge >= 0.3 is 15.6 Å². The third-order valence-corrected chi connectivity index (χ3v) is 5.73. The van der Waals surface area contributed by atoms with Gasteiger partial charge in [0.15, 0.2) is 0 Å². The lowest BCUT2D eigenvalue weighted by Crippen LogP contribution is -2.28. The zero-order chi connectivity index (χ0) is 22.6. The molecule has 0 N–H and O–H groups in total. The Balaban J connectivity index is 2.11. The maximum Gasteiger partial charge on any atom is 0.534 e. The molecule has 0 aromatic heterocycles. The second kappa shape index (κ2) is 8.98. The van der Waals surface area contributed by atoms with Crippen LogP contribution in [0.3, 0.4) is 0 Å². The number of rotatable bonds is 6. The van der Waals surface area contributed by atoms with E-state index in [0.29, 0.717) is 6.42 Å². The highest BCUT2D eigenvalue weighted by molar-refractivity contribution is 7.88. The molecule has 3 aromatic carbocycles. The molecule has 0 bridgehead atoms. The quantitative estimate of drug-likeness (QED) is 0.244. The highest BCUT2D eigenvalue weighted by Crippen LogP contribution is 2.35. The number of benzene rings is 3. The first kappa shape index (κ1) is 22.6. The van der Waals surface area contributed by atoms with E-state index in [1.165, 1.54) is 12.1 Å². The molecule has 31 heavy (non-hydrogen) atoms. The molecule has 0 unspecified atom stereocenters. The van der Waals surface area contributed by atoms with Crippen molar-refractivity contribution in [3.63, 3.8) is 0 Å². The van der Waals surface area contributed by atoms with Crippen molar-refractivity contribution in [1.82, 2.24) is 0 Å². The van der Waals surface area contributed by atoms with E-state index < -0.39 is 21.4 Å². The van der Waals surface area contributed by atoms with Crippen LogP contribution in [0.15, 0.2) is 78.9 Å². The Bertz CT molecular complexity index is 1160. The molecule has 7 heteroatoms.